The molecule has 148 valence electrons. The molecule has 4 rings (SSSR count). The number of nitrogen functional groups attached to an aromatic ring is 1. The predicted octanol–water partition coefficient (Wildman–Crippen LogP) is 4.19. The van der Waals surface area contributed by atoms with Crippen LogP contribution in [0.5, 0.6) is 6.01 Å². The first-order valence-electron chi connectivity index (χ1n) is 9.45. The molecule has 0 radical (unpaired) electrons. The lowest BCUT2D eigenvalue weighted by Gasteiger charge is -2.18. The van der Waals surface area contributed by atoms with E-state index >= 15 is 0 Å². The predicted molar refractivity (Wildman–Crippen MR) is 116 cm³/mol. The van der Waals surface area contributed by atoms with Gasteiger partial charge in [0.2, 0.25) is 0 Å². The van der Waals surface area contributed by atoms with Crippen LogP contribution in [0.15, 0.2) is 59.6 Å². The summed E-state index contributed by atoms with van der Waals surface area (Å²) < 4.78 is 8.49. The van der Waals surface area contributed by atoms with Crippen molar-refractivity contribution in [2.24, 2.45) is 0 Å². The van der Waals surface area contributed by atoms with E-state index in [9.17, 15) is 0 Å². The molecule has 8 heteroatoms. The van der Waals surface area contributed by atoms with Crippen LogP contribution in [0.4, 0.5) is 5.82 Å². The van der Waals surface area contributed by atoms with E-state index in [1.807, 2.05) is 34.9 Å². The SMILES string of the molecule is CCC(c1ccncc1)n1c(Br)nc2c(N)nc(OCCc3ccccc3)nc21. The maximum Gasteiger partial charge on any atom is 0.320 e. The van der Waals surface area contributed by atoms with E-state index in [-0.39, 0.29) is 12.1 Å². The first-order chi connectivity index (χ1) is 14.2. The van der Waals surface area contributed by atoms with Gasteiger partial charge in [0.1, 0.15) is 0 Å². The minimum absolute atomic E-state index is 0.0313. The van der Waals surface area contributed by atoms with Gasteiger partial charge in [-0.05, 0) is 45.6 Å². The Labute approximate surface area is 177 Å². The molecule has 0 aliphatic heterocycles. The van der Waals surface area contributed by atoms with E-state index in [4.69, 9.17) is 10.5 Å². The fraction of sp³-hybridized carbons (Fsp3) is 0.238. The molecule has 0 saturated heterocycles. The molecule has 0 aliphatic rings. The van der Waals surface area contributed by atoms with Gasteiger partial charge in [0.25, 0.3) is 0 Å². The third kappa shape index (κ3) is 4.07. The van der Waals surface area contributed by atoms with Gasteiger partial charge in [-0.2, -0.15) is 9.97 Å². The lowest BCUT2D eigenvalue weighted by atomic mass is 10.1. The zero-order valence-electron chi connectivity index (χ0n) is 16.0. The van der Waals surface area contributed by atoms with E-state index in [0.29, 0.717) is 28.3 Å². The maximum atomic E-state index is 6.16. The van der Waals surface area contributed by atoms with Crippen LogP contribution >= 0.6 is 15.9 Å². The molecule has 0 fully saturated rings. The lowest BCUT2D eigenvalue weighted by molar-refractivity contribution is 0.297. The Morgan fingerprint density at radius 2 is 1.83 bits per heavy atom. The van der Waals surface area contributed by atoms with Crippen molar-refractivity contribution in [2.45, 2.75) is 25.8 Å². The molecule has 0 amide bonds. The summed E-state index contributed by atoms with van der Waals surface area (Å²) in [6, 6.07) is 14.4. The molecule has 29 heavy (non-hydrogen) atoms. The van der Waals surface area contributed by atoms with Crippen molar-refractivity contribution in [2.75, 3.05) is 12.3 Å². The topological polar surface area (TPSA) is 91.7 Å². The van der Waals surface area contributed by atoms with Crippen LogP contribution in [0.3, 0.4) is 0 Å². The Bertz CT molecular complexity index is 1100. The first-order valence-corrected chi connectivity index (χ1v) is 10.2. The number of aromatic nitrogens is 5. The smallest absolute Gasteiger partial charge is 0.320 e. The zero-order valence-corrected chi connectivity index (χ0v) is 17.6. The normalized spacial score (nSPS) is 12.2. The van der Waals surface area contributed by atoms with Crippen LogP contribution in [-0.2, 0) is 6.42 Å². The molecule has 4 aromatic rings. The number of nitrogens with two attached hydrogens (primary N) is 1. The molecule has 0 spiro atoms. The van der Waals surface area contributed by atoms with Crippen LogP contribution in [0.2, 0.25) is 0 Å². The van der Waals surface area contributed by atoms with Crippen molar-refractivity contribution in [3.05, 3.63) is 70.7 Å². The molecular formula is C21H21BrN6O. The highest BCUT2D eigenvalue weighted by molar-refractivity contribution is 9.10. The Kier molecular flexibility index (Phi) is 5.71. The highest BCUT2D eigenvalue weighted by Gasteiger charge is 2.22. The summed E-state index contributed by atoms with van der Waals surface area (Å²) in [6.45, 7) is 2.58. The number of hydrogen-bond donors (Lipinski definition) is 1. The second-order valence-electron chi connectivity index (χ2n) is 6.60. The Hall–Kier alpha value is -3.00. The van der Waals surface area contributed by atoms with E-state index in [2.05, 4.69) is 54.9 Å². The molecule has 2 N–H and O–H groups in total. The van der Waals surface area contributed by atoms with Gasteiger partial charge in [-0.15, -0.1) is 0 Å². The summed E-state index contributed by atoms with van der Waals surface area (Å²) in [5, 5.41) is 0. The van der Waals surface area contributed by atoms with Crippen molar-refractivity contribution in [3.8, 4) is 6.01 Å². The monoisotopic (exact) mass is 452 g/mol. The lowest BCUT2D eigenvalue weighted by Crippen LogP contribution is -2.12. The van der Waals surface area contributed by atoms with Gasteiger partial charge >= 0.3 is 6.01 Å². The molecule has 0 saturated carbocycles. The molecule has 0 aliphatic carbocycles. The van der Waals surface area contributed by atoms with Gasteiger partial charge < -0.3 is 10.5 Å². The molecule has 1 atom stereocenters. The molecule has 3 aromatic heterocycles. The fourth-order valence-electron chi connectivity index (χ4n) is 3.35. The number of hydrogen-bond acceptors (Lipinski definition) is 6. The number of halogens is 1. The number of imidazole rings is 1. The minimum Gasteiger partial charge on any atom is -0.463 e. The summed E-state index contributed by atoms with van der Waals surface area (Å²) in [6.07, 6.45) is 5.18. The molecule has 1 unspecified atom stereocenters. The highest BCUT2D eigenvalue weighted by Crippen LogP contribution is 2.32. The number of fused-ring (bicyclic) bond motifs is 1. The molecule has 1 aromatic carbocycles. The summed E-state index contributed by atoms with van der Waals surface area (Å²) in [5.41, 5.74) is 9.67. The summed E-state index contributed by atoms with van der Waals surface area (Å²) >= 11 is 3.56. The average molecular weight is 453 g/mol. The van der Waals surface area contributed by atoms with E-state index in [1.165, 1.54) is 5.56 Å². The van der Waals surface area contributed by atoms with Gasteiger partial charge in [-0.1, -0.05) is 37.3 Å². The second kappa shape index (κ2) is 8.57. The molecule has 3 heterocycles. The maximum absolute atomic E-state index is 6.16. The third-order valence-corrected chi connectivity index (χ3v) is 5.32. The number of ether oxygens (including phenoxy) is 1. The number of rotatable bonds is 7. The quantitative estimate of drug-likeness (QED) is 0.422. The van der Waals surface area contributed by atoms with Gasteiger partial charge in [-0.3, -0.25) is 9.55 Å². The molecular weight excluding hydrogens is 432 g/mol. The molecule has 7 nitrogen and oxygen atoms in total. The van der Waals surface area contributed by atoms with Crippen molar-refractivity contribution in [1.82, 2.24) is 24.5 Å². The molecule has 0 bridgehead atoms. The number of pyridine rings is 1. The largest absolute Gasteiger partial charge is 0.463 e. The summed E-state index contributed by atoms with van der Waals surface area (Å²) in [4.78, 5) is 17.6. The Balaban J connectivity index is 1.66. The first kappa shape index (κ1) is 19.3. The van der Waals surface area contributed by atoms with E-state index in [1.54, 1.807) is 12.4 Å². The number of nitrogens with zero attached hydrogens (tertiary/aromatic N) is 5. The average Bonchev–Trinajstić information content (AvgIpc) is 3.07. The van der Waals surface area contributed by atoms with Crippen molar-refractivity contribution in [1.29, 1.82) is 0 Å². The Morgan fingerprint density at radius 3 is 2.55 bits per heavy atom. The van der Waals surface area contributed by atoms with Gasteiger partial charge in [0.05, 0.1) is 12.6 Å². The third-order valence-electron chi connectivity index (χ3n) is 4.76. The van der Waals surface area contributed by atoms with Crippen LogP contribution in [0, 0.1) is 0 Å². The van der Waals surface area contributed by atoms with Crippen LogP contribution in [-0.4, -0.2) is 31.1 Å². The second-order valence-corrected chi connectivity index (χ2v) is 7.31. The van der Waals surface area contributed by atoms with Crippen molar-refractivity contribution >= 4 is 32.9 Å². The van der Waals surface area contributed by atoms with Gasteiger partial charge in [0, 0.05) is 18.8 Å². The van der Waals surface area contributed by atoms with Crippen LogP contribution in [0.1, 0.15) is 30.5 Å². The van der Waals surface area contributed by atoms with Crippen LogP contribution < -0.4 is 10.5 Å². The van der Waals surface area contributed by atoms with Crippen LogP contribution in [0.25, 0.3) is 11.2 Å². The summed E-state index contributed by atoms with van der Waals surface area (Å²) in [7, 11) is 0. The zero-order chi connectivity index (χ0) is 20.2. The van der Waals surface area contributed by atoms with Crippen molar-refractivity contribution < 1.29 is 4.74 Å². The summed E-state index contributed by atoms with van der Waals surface area (Å²) in [5.74, 6) is 0.300. The number of anilines is 1. The van der Waals surface area contributed by atoms with Crippen molar-refractivity contribution in [3.63, 3.8) is 0 Å². The standard InChI is InChI=1S/C21H21BrN6O/c1-2-16(15-8-11-24-12-9-15)28-19-17(25-20(28)22)18(23)26-21(27-19)29-13-10-14-6-4-3-5-7-14/h3-9,11-12,16H,2,10,13H2,1H3,(H2,23,26,27). The Morgan fingerprint density at radius 1 is 1.07 bits per heavy atom. The van der Waals surface area contributed by atoms with Gasteiger partial charge in [0.15, 0.2) is 21.7 Å². The minimum atomic E-state index is 0.0313. The highest BCUT2D eigenvalue weighted by atomic mass is 79.9. The number of benzene rings is 1. The fourth-order valence-corrected chi connectivity index (χ4v) is 3.94. The van der Waals surface area contributed by atoms with E-state index in [0.717, 1.165) is 18.4 Å². The van der Waals surface area contributed by atoms with E-state index < -0.39 is 0 Å². The van der Waals surface area contributed by atoms with Gasteiger partial charge in [-0.25, -0.2) is 4.98 Å².